The van der Waals surface area contributed by atoms with E-state index >= 15 is 0 Å². The fourth-order valence-corrected chi connectivity index (χ4v) is 2.53. The third kappa shape index (κ3) is 4.10. The Balaban J connectivity index is 2.69. The Labute approximate surface area is 102 Å². The number of sulfonamides is 1. The van der Waals surface area contributed by atoms with Gasteiger partial charge in [-0.15, -0.1) is 0 Å². The number of rotatable bonds is 6. The number of hydrogen-bond acceptors (Lipinski definition) is 4. The molecule has 1 rings (SSSR count). The normalized spacial score (nSPS) is 12.9. The van der Waals surface area contributed by atoms with E-state index in [0.29, 0.717) is 6.42 Å². The molecule has 0 aliphatic carbocycles. The van der Waals surface area contributed by atoms with Crippen LogP contribution in [0.1, 0.15) is 20.3 Å². The van der Waals surface area contributed by atoms with Crippen LogP contribution >= 0.6 is 0 Å². The number of aromatic nitrogens is 2. The molecule has 17 heavy (non-hydrogen) atoms. The van der Waals surface area contributed by atoms with Crippen LogP contribution in [0.15, 0.2) is 17.3 Å². The Morgan fingerprint density at radius 1 is 1.53 bits per heavy atom. The summed E-state index contributed by atoms with van der Waals surface area (Å²) in [6.07, 6.45) is 3.30. The molecule has 0 aliphatic heterocycles. The molecule has 7 heteroatoms. The van der Waals surface area contributed by atoms with E-state index in [1.165, 1.54) is 17.1 Å². The molecule has 0 unspecified atom stereocenters. The summed E-state index contributed by atoms with van der Waals surface area (Å²) >= 11 is 0. The van der Waals surface area contributed by atoms with Crippen molar-refractivity contribution in [3.63, 3.8) is 0 Å². The van der Waals surface area contributed by atoms with Gasteiger partial charge in [0.25, 0.3) is 0 Å². The van der Waals surface area contributed by atoms with E-state index in [0.717, 1.165) is 0 Å². The number of aliphatic hydroxyl groups excluding tert-OH is 1. The van der Waals surface area contributed by atoms with Crippen molar-refractivity contribution in [2.24, 2.45) is 12.5 Å². The molecule has 0 bridgehead atoms. The summed E-state index contributed by atoms with van der Waals surface area (Å²) in [6, 6.07) is 0. The first-order chi connectivity index (χ1) is 7.77. The highest BCUT2D eigenvalue weighted by atomic mass is 32.2. The molecule has 0 amide bonds. The summed E-state index contributed by atoms with van der Waals surface area (Å²) < 4.78 is 27.7. The highest BCUT2D eigenvalue weighted by Crippen LogP contribution is 2.19. The van der Waals surface area contributed by atoms with Gasteiger partial charge in [-0.05, 0) is 11.8 Å². The number of nitrogens with zero attached hydrogens (tertiary/aromatic N) is 2. The van der Waals surface area contributed by atoms with Crippen LogP contribution in [0, 0.1) is 5.41 Å². The van der Waals surface area contributed by atoms with Gasteiger partial charge < -0.3 is 5.11 Å². The summed E-state index contributed by atoms with van der Waals surface area (Å²) in [7, 11) is -1.84. The van der Waals surface area contributed by atoms with Crippen LogP contribution in [0.4, 0.5) is 0 Å². The molecule has 6 nitrogen and oxygen atoms in total. The predicted octanol–water partition coefficient (Wildman–Crippen LogP) is 0.107. The summed E-state index contributed by atoms with van der Waals surface area (Å²) in [6.45, 7) is 4.12. The second-order valence-corrected chi connectivity index (χ2v) is 6.58. The van der Waals surface area contributed by atoms with E-state index < -0.39 is 10.0 Å². The SMILES string of the molecule is Cn1cc(S(=O)(=O)NCC(C)(C)CCO)cn1. The molecule has 1 aromatic rings. The summed E-state index contributed by atoms with van der Waals surface area (Å²) in [5.41, 5.74) is -0.274. The Morgan fingerprint density at radius 2 is 2.18 bits per heavy atom. The van der Waals surface area contributed by atoms with E-state index in [2.05, 4.69) is 9.82 Å². The topological polar surface area (TPSA) is 84.2 Å². The number of nitrogens with one attached hydrogen (secondary N) is 1. The van der Waals surface area contributed by atoms with E-state index in [9.17, 15) is 8.42 Å². The first-order valence-electron chi connectivity index (χ1n) is 5.36. The number of aryl methyl sites for hydroxylation is 1. The Kier molecular flexibility index (Phi) is 4.29. The van der Waals surface area contributed by atoms with Crippen molar-refractivity contribution < 1.29 is 13.5 Å². The van der Waals surface area contributed by atoms with Gasteiger partial charge in [0, 0.05) is 26.4 Å². The molecule has 0 aliphatic rings. The first-order valence-corrected chi connectivity index (χ1v) is 6.84. The third-order valence-electron chi connectivity index (χ3n) is 2.52. The highest BCUT2D eigenvalue weighted by Gasteiger charge is 2.22. The molecule has 0 atom stereocenters. The van der Waals surface area contributed by atoms with E-state index in [-0.39, 0.29) is 23.5 Å². The van der Waals surface area contributed by atoms with Gasteiger partial charge in [0.15, 0.2) is 0 Å². The van der Waals surface area contributed by atoms with Crippen molar-refractivity contribution in [1.29, 1.82) is 0 Å². The van der Waals surface area contributed by atoms with Gasteiger partial charge in [-0.3, -0.25) is 4.68 Å². The van der Waals surface area contributed by atoms with Gasteiger partial charge in [0.1, 0.15) is 4.90 Å². The Morgan fingerprint density at radius 3 is 2.65 bits per heavy atom. The van der Waals surface area contributed by atoms with Crippen molar-refractivity contribution >= 4 is 10.0 Å². The van der Waals surface area contributed by atoms with Crippen LogP contribution in [-0.2, 0) is 17.1 Å². The zero-order valence-corrected chi connectivity index (χ0v) is 11.2. The van der Waals surface area contributed by atoms with Crippen LogP contribution in [-0.4, -0.2) is 36.5 Å². The Hall–Kier alpha value is -0.920. The largest absolute Gasteiger partial charge is 0.396 e. The van der Waals surface area contributed by atoms with Crippen molar-refractivity contribution in [2.45, 2.75) is 25.2 Å². The minimum Gasteiger partial charge on any atom is -0.396 e. The van der Waals surface area contributed by atoms with Gasteiger partial charge in [-0.2, -0.15) is 5.10 Å². The monoisotopic (exact) mass is 261 g/mol. The van der Waals surface area contributed by atoms with E-state index in [1.807, 2.05) is 13.8 Å². The van der Waals surface area contributed by atoms with Crippen molar-refractivity contribution in [2.75, 3.05) is 13.2 Å². The van der Waals surface area contributed by atoms with E-state index in [4.69, 9.17) is 5.11 Å². The highest BCUT2D eigenvalue weighted by molar-refractivity contribution is 7.89. The summed E-state index contributed by atoms with van der Waals surface area (Å²) in [5.74, 6) is 0. The predicted molar refractivity (Wildman–Crippen MR) is 63.9 cm³/mol. The Bertz CT molecular complexity index is 465. The van der Waals surface area contributed by atoms with E-state index in [1.54, 1.807) is 7.05 Å². The minimum absolute atomic E-state index is 0.0433. The lowest BCUT2D eigenvalue weighted by Gasteiger charge is -2.23. The fourth-order valence-electron chi connectivity index (χ4n) is 1.30. The van der Waals surface area contributed by atoms with Crippen molar-refractivity contribution in [1.82, 2.24) is 14.5 Å². The number of hydrogen-bond donors (Lipinski definition) is 2. The molecule has 1 heterocycles. The molecule has 0 aromatic carbocycles. The molecule has 98 valence electrons. The van der Waals surface area contributed by atoms with Crippen LogP contribution in [0.3, 0.4) is 0 Å². The first kappa shape index (κ1) is 14.1. The second kappa shape index (κ2) is 5.16. The van der Waals surface area contributed by atoms with Crippen LogP contribution in [0.2, 0.25) is 0 Å². The molecule has 0 saturated carbocycles. The maximum absolute atomic E-state index is 11.9. The molecule has 1 aromatic heterocycles. The molecule has 0 saturated heterocycles. The number of aliphatic hydroxyl groups is 1. The van der Waals surface area contributed by atoms with Gasteiger partial charge in [-0.1, -0.05) is 13.8 Å². The van der Waals surface area contributed by atoms with Crippen LogP contribution < -0.4 is 4.72 Å². The minimum atomic E-state index is -3.51. The van der Waals surface area contributed by atoms with Gasteiger partial charge in [0.05, 0.1) is 6.20 Å². The smallest absolute Gasteiger partial charge is 0.243 e. The van der Waals surface area contributed by atoms with Crippen LogP contribution in [0.5, 0.6) is 0 Å². The molecule has 0 fully saturated rings. The molecule has 0 spiro atoms. The lowest BCUT2D eigenvalue weighted by molar-refractivity contribution is 0.213. The molecule has 0 radical (unpaired) electrons. The average molecular weight is 261 g/mol. The van der Waals surface area contributed by atoms with Crippen LogP contribution in [0.25, 0.3) is 0 Å². The standard InChI is InChI=1S/C10H19N3O3S/c1-10(2,4-5-14)8-12-17(15,16)9-6-11-13(3)7-9/h6-7,12,14H,4-5,8H2,1-3H3. The maximum Gasteiger partial charge on any atom is 0.243 e. The third-order valence-corrected chi connectivity index (χ3v) is 3.88. The summed E-state index contributed by atoms with van der Waals surface area (Å²) in [4.78, 5) is 0.153. The van der Waals surface area contributed by atoms with Gasteiger partial charge >= 0.3 is 0 Å². The zero-order valence-electron chi connectivity index (χ0n) is 10.3. The lowest BCUT2D eigenvalue weighted by Crippen LogP contribution is -2.34. The maximum atomic E-state index is 11.9. The lowest BCUT2D eigenvalue weighted by atomic mass is 9.90. The quantitative estimate of drug-likeness (QED) is 0.761. The van der Waals surface area contributed by atoms with Crippen molar-refractivity contribution in [3.05, 3.63) is 12.4 Å². The molecular weight excluding hydrogens is 242 g/mol. The fraction of sp³-hybridized carbons (Fsp3) is 0.700. The molecule has 2 N–H and O–H groups in total. The second-order valence-electron chi connectivity index (χ2n) is 4.81. The zero-order chi connectivity index (χ0) is 13.1. The average Bonchev–Trinajstić information content (AvgIpc) is 2.63. The molecular formula is C10H19N3O3S. The van der Waals surface area contributed by atoms with Crippen molar-refractivity contribution in [3.8, 4) is 0 Å². The van der Waals surface area contributed by atoms with Gasteiger partial charge in [0.2, 0.25) is 10.0 Å². The van der Waals surface area contributed by atoms with Gasteiger partial charge in [-0.25, -0.2) is 13.1 Å². The summed E-state index contributed by atoms with van der Waals surface area (Å²) in [5, 5.41) is 12.7.